The molecule has 1 aliphatic heterocycles. The van der Waals surface area contributed by atoms with Crippen LogP contribution in [0.1, 0.15) is 406 Å². The number of hydrogen-bond donors (Lipinski definition) is 8. The molecule has 524 valence electrons. The molecule has 1 saturated heterocycles. The van der Waals surface area contributed by atoms with Gasteiger partial charge in [0.05, 0.1) is 25.4 Å². The van der Waals surface area contributed by atoms with Gasteiger partial charge in [0.2, 0.25) is 5.91 Å². The summed E-state index contributed by atoms with van der Waals surface area (Å²) < 4.78 is 11.2. The van der Waals surface area contributed by atoms with Gasteiger partial charge in [0, 0.05) is 0 Å². The van der Waals surface area contributed by atoms with Crippen molar-refractivity contribution in [2.75, 3.05) is 13.2 Å². The summed E-state index contributed by atoms with van der Waals surface area (Å²) in [5.74, 6) is -0.696. The number of hydrogen-bond acceptors (Lipinski definition) is 10. The Labute approximate surface area is 544 Å². The number of unbranched alkanes of at least 4 members (excludes halogenated alkanes) is 56. The van der Waals surface area contributed by atoms with Gasteiger partial charge in [0.25, 0.3) is 0 Å². The molecule has 0 aromatic heterocycles. The van der Waals surface area contributed by atoms with Gasteiger partial charge in [-0.2, -0.15) is 0 Å². The Kier molecular flexibility index (Phi) is 63.5. The van der Waals surface area contributed by atoms with Crippen molar-refractivity contribution in [3.8, 4) is 0 Å². The number of carbonyl (C=O) groups is 1. The number of allylic oxidation sites excluding steroid dienone is 2. The van der Waals surface area contributed by atoms with E-state index in [1.54, 1.807) is 0 Å². The van der Waals surface area contributed by atoms with Crippen LogP contribution in [-0.2, 0) is 14.3 Å². The van der Waals surface area contributed by atoms with E-state index in [-0.39, 0.29) is 12.8 Å². The van der Waals surface area contributed by atoms with E-state index >= 15 is 0 Å². The van der Waals surface area contributed by atoms with Crippen LogP contribution in [0.5, 0.6) is 0 Å². The molecule has 88 heavy (non-hydrogen) atoms. The van der Waals surface area contributed by atoms with Crippen molar-refractivity contribution in [1.82, 2.24) is 5.32 Å². The van der Waals surface area contributed by atoms with Crippen molar-refractivity contribution in [1.29, 1.82) is 0 Å². The van der Waals surface area contributed by atoms with Crippen molar-refractivity contribution in [3.63, 3.8) is 0 Å². The molecule has 0 aliphatic carbocycles. The average molecular weight is 1250 g/mol. The van der Waals surface area contributed by atoms with E-state index in [0.717, 1.165) is 32.1 Å². The molecule has 11 nitrogen and oxygen atoms in total. The summed E-state index contributed by atoms with van der Waals surface area (Å²) in [5.41, 5.74) is 0. The third-order valence-electron chi connectivity index (χ3n) is 19.3. The maximum atomic E-state index is 13.3. The van der Waals surface area contributed by atoms with Crippen LogP contribution in [0.25, 0.3) is 0 Å². The highest BCUT2D eigenvalue weighted by Gasteiger charge is 2.44. The number of carbonyl (C=O) groups excluding carboxylic acids is 1. The Morgan fingerprint density at radius 2 is 0.670 bits per heavy atom. The summed E-state index contributed by atoms with van der Waals surface area (Å²) in [6.45, 7) is 3.52. The van der Waals surface area contributed by atoms with Gasteiger partial charge in [-0.25, -0.2) is 0 Å². The Hall–Kier alpha value is -1.15. The molecule has 0 spiro atoms. The minimum absolute atomic E-state index is 0.260. The van der Waals surface area contributed by atoms with Crippen LogP contribution in [0.3, 0.4) is 0 Å². The summed E-state index contributed by atoms with van der Waals surface area (Å²) in [7, 11) is 0. The zero-order valence-electron chi connectivity index (χ0n) is 58.3. The quantitative estimate of drug-likeness (QED) is 0.0215. The minimum atomic E-state index is -1.67. The maximum Gasteiger partial charge on any atom is 0.249 e. The van der Waals surface area contributed by atoms with Crippen LogP contribution in [-0.4, -0.2) is 110 Å². The number of rotatable bonds is 70. The lowest BCUT2D eigenvalue weighted by Crippen LogP contribution is -2.60. The minimum Gasteiger partial charge on any atom is -0.394 e. The molecule has 8 N–H and O–H groups in total. The first-order valence-electron chi connectivity index (χ1n) is 39.1. The van der Waals surface area contributed by atoms with Crippen LogP contribution in [0.2, 0.25) is 0 Å². The molecule has 0 aromatic rings. The van der Waals surface area contributed by atoms with Gasteiger partial charge in [-0.1, -0.05) is 379 Å². The standard InChI is InChI=1S/C77H151NO10/c1-3-5-7-9-11-13-15-17-19-21-23-25-27-29-31-33-35-37-39-41-43-45-47-49-51-53-55-57-59-61-63-65-70(81)76(86)78-68(67-87-77-75(85)74(84)73(83)71(66-79)88-77)72(82)69(80)64-62-60-58-56-54-52-50-48-46-44-42-40-38-36-34-32-30-28-26-24-22-20-18-16-14-12-10-8-6-4-2/h56,58,68-75,77,79-85H,3-55,57,59-67H2,1-2H3,(H,78,86)/b58-56+. The smallest absolute Gasteiger partial charge is 0.249 e. The molecule has 1 amide bonds. The van der Waals surface area contributed by atoms with Crippen molar-refractivity contribution in [2.24, 2.45) is 0 Å². The van der Waals surface area contributed by atoms with Gasteiger partial charge in [-0.05, 0) is 38.5 Å². The van der Waals surface area contributed by atoms with Crippen molar-refractivity contribution in [2.45, 2.75) is 461 Å². The second-order valence-corrected chi connectivity index (χ2v) is 27.8. The molecule has 1 heterocycles. The lowest BCUT2D eigenvalue weighted by molar-refractivity contribution is -0.303. The molecule has 1 fully saturated rings. The first-order valence-corrected chi connectivity index (χ1v) is 39.1. The second-order valence-electron chi connectivity index (χ2n) is 27.8. The van der Waals surface area contributed by atoms with E-state index in [1.165, 1.54) is 334 Å². The first kappa shape index (κ1) is 84.9. The summed E-state index contributed by atoms with van der Waals surface area (Å²) in [5, 5.41) is 76.7. The highest BCUT2D eigenvalue weighted by atomic mass is 16.7. The maximum absolute atomic E-state index is 13.3. The van der Waals surface area contributed by atoms with Gasteiger partial charge in [-0.3, -0.25) is 4.79 Å². The Morgan fingerprint density at radius 1 is 0.386 bits per heavy atom. The van der Waals surface area contributed by atoms with E-state index in [0.29, 0.717) is 12.8 Å². The molecule has 9 unspecified atom stereocenters. The highest BCUT2D eigenvalue weighted by molar-refractivity contribution is 5.80. The molecule has 1 aliphatic rings. The van der Waals surface area contributed by atoms with E-state index < -0.39 is 74.2 Å². The molecular formula is C77H151NO10. The lowest BCUT2D eigenvalue weighted by Gasteiger charge is -2.40. The fourth-order valence-corrected chi connectivity index (χ4v) is 13.1. The molecule has 0 bridgehead atoms. The van der Waals surface area contributed by atoms with Crippen LogP contribution in [0, 0.1) is 0 Å². The van der Waals surface area contributed by atoms with E-state index in [2.05, 4.69) is 31.3 Å². The number of nitrogens with one attached hydrogen (secondary N) is 1. The SMILES string of the molecule is CCCCCCCCCCCCCCCCCCCCCCCCCCC/C=C/CCCC(O)C(O)C(COC1OC(CO)C(O)C(O)C1O)NC(=O)C(O)CCCCCCCCCCCCCCCCCCCCCCCCCCCCCCCCC. The number of aliphatic hydroxyl groups is 7. The highest BCUT2D eigenvalue weighted by Crippen LogP contribution is 2.24. The van der Waals surface area contributed by atoms with Crippen molar-refractivity contribution in [3.05, 3.63) is 12.2 Å². The first-order chi connectivity index (χ1) is 43.2. The van der Waals surface area contributed by atoms with Crippen LogP contribution in [0.15, 0.2) is 12.2 Å². The third-order valence-corrected chi connectivity index (χ3v) is 19.3. The van der Waals surface area contributed by atoms with Crippen LogP contribution in [0.4, 0.5) is 0 Å². The number of ether oxygens (including phenoxy) is 2. The Balaban J connectivity index is 2.15. The molecule has 0 saturated carbocycles. The molecule has 0 aromatic carbocycles. The Morgan fingerprint density at radius 3 is 0.977 bits per heavy atom. The van der Waals surface area contributed by atoms with Crippen molar-refractivity contribution < 1.29 is 50.0 Å². The largest absolute Gasteiger partial charge is 0.394 e. The topological polar surface area (TPSA) is 189 Å². The fraction of sp³-hybridized carbons (Fsp3) is 0.961. The van der Waals surface area contributed by atoms with Gasteiger partial charge in [0.1, 0.15) is 36.6 Å². The molecule has 11 heteroatoms. The number of aliphatic hydroxyl groups excluding tert-OH is 7. The Bertz CT molecular complexity index is 1440. The average Bonchev–Trinajstić information content (AvgIpc) is 3.70. The van der Waals surface area contributed by atoms with Gasteiger partial charge in [0.15, 0.2) is 6.29 Å². The predicted octanol–water partition coefficient (Wildman–Crippen LogP) is 19.8. The summed E-state index contributed by atoms with van der Waals surface area (Å²) in [4.78, 5) is 13.3. The molecule has 9 atom stereocenters. The van der Waals surface area contributed by atoms with E-state index in [9.17, 15) is 40.5 Å². The zero-order chi connectivity index (χ0) is 63.9. The van der Waals surface area contributed by atoms with Gasteiger partial charge in [-0.15, -0.1) is 0 Å². The van der Waals surface area contributed by atoms with Crippen molar-refractivity contribution >= 4 is 5.91 Å². The third kappa shape index (κ3) is 52.3. The van der Waals surface area contributed by atoms with Crippen LogP contribution < -0.4 is 5.32 Å². The summed E-state index contributed by atoms with van der Waals surface area (Å²) in [6, 6.07) is -1.18. The molecule has 0 radical (unpaired) electrons. The fourth-order valence-electron chi connectivity index (χ4n) is 13.1. The lowest BCUT2D eigenvalue weighted by atomic mass is 9.98. The molecule has 1 rings (SSSR count). The predicted molar refractivity (Wildman–Crippen MR) is 372 cm³/mol. The normalized spacial score (nSPS) is 18.6. The van der Waals surface area contributed by atoms with Gasteiger partial charge >= 0.3 is 0 Å². The van der Waals surface area contributed by atoms with Crippen LogP contribution >= 0.6 is 0 Å². The van der Waals surface area contributed by atoms with E-state index in [4.69, 9.17) is 9.47 Å². The van der Waals surface area contributed by atoms with E-state index in [1.807, 2.05) is 0 Å². The number of amides is 1. The summed E-state index contributed by atoms with van der Waals surface area (Å²) in [6.07, 6.45) is 71.9. The zero-order valence-corrected chi connectivity index (χ0v) is 58.3. The monoisotopic (exact) mass is 1250 g/mol. The van der Waals surface area contributed by atoms with Gasteiger partial charge < -0.3 is 50.5 Å². The summed E-state index contributed by atoms with van der Waals surface area (Å²) >= 11 is 0. The molecular weight excluding hydrogens is 1100 g/mol. The second kappa shape index (κ2) is 65.9.